The fourth-order valence-corrected chi connectivity index (χ4v) is 3.04. The van der Waals surface area contributed by atoms with E-state index in [1.807, 2.05) is 36.2 Å². The van der Waals surface area contributed by atoms with Crippen molar-refractivity contribution < 1.29 is 28.2 Å². The predicted octanol–water partition coefficient (Wildman–Crippen LogP) is 2.78. The van der Waals surface area contributed by atoms with Crippen molar-refractivity contribution in [3.63, 3.8) is 0 Å². The first-order valence-electron chi connectivity index (χ1n) is 9.47. The summed E-state index contributed by atoms with van der Waals surface area (Å²) < 4.78 is 38.4. The maximum absolute atomic E-state index is 12.8. The van der Waals surface area contributed by atoms with E-state index < -0.39 is 18.4 Å². The zero-order chi connectivity index (χ0) is 21.8. The van der Waals surface area contributed by atoms with Gasteiger partial charge in [-0.25, -0.2) is 0 Å². The third-order valence-electron chi connectivity index (χ3n) is 4.91. The Labute approximate surface area is 172 Å². The first-order valence-corrected chi connectivity index (χ1v) is 9.47. The number of aliphatic hydroxyl groups excluding tert-OH is 1. The molecule has 0 radical (unpaired) electrons. The molecule has 0 fully saturated rings. The number of nitrogens with one attached hydrogen (secondary N) is 1. The molecule has 1 heterocycles. The van der Waals surface area contributed by atoms with E-state index in [0.717, 1.165) is 16.8 Å². The first kappa shape index (κ1) is 22.1. The van der Waals surface area contributed by atoms with Crippen LogP contribution in [-0.4, -0.2) is 48.1 Å². The van der Waals surface area contributed by atoms with E-state index in [4.69, 9.17) is 5.11 Å². The maximum Gasteiger partial charge on any atom is 0.458 e. The summed E-state index contributed by atoms with van der Waals surface area (Å²) in [5, 5.41) is 25.2. The lowest BCUT2D eigenvalue weighted by Gasteiger charge is -2.22. The number of hydrogen-bond donors (Lipinski definition) is 3. The molecule has 0 spiro atoms. The van der Waals surface area contributed by atoms with Crippen LogP contribution in [0.25, 0.3) is 0 Å². The Kier molecular flexibility index (Phi) is 6.64. The van der Waals surface area contributed by atoms with E-state index in [0.29, 0.717) is 25.2 Å². The highest BCUT2D eigenvalue weighted by molar-refractivity contribution is 6.01. The highest BCUT2D eigenvalue weighted by Gasteiger charge is 2.60. The summed E-state index contributed by atoms with van der Waals surface area (Å²) in [6, 6.07) is 14.9. The van der Waals surface area contributed by atoms with Gasteiger partial charge in [-0.1, -0.05) is 41.6 Å². The molecular weight excluding hydrogens is 399 g/mol. The quantitative estimate of drug-likeness (QED) is 0.609. The molecule has 1 aliphatic heterocycles. The number of aliphatic hydroxyl groups is 2. The monoisotopic (exact) mass is 423 g/mol. The van der Waals surface area contributed by atoms with E-state index in [-0.39, 0.29) is 12.3 Å². The molecule has 0 bridgehead atoms. The first-order chi connectivity index (χ1) is 14.2. The second kappa shape index (κ2) is 9.03. The zero-order valence-corrected chi connectivity index (χ0v) is 16.5. The minimum Gasteiger partial charge on any atom is -0.395 e. The van der Waals surface area contributed by atoms with E-state index >= 15 is 0 Å². The summed E-state index contributed by atoms with van der Waals surface area (Å²) in [5.41, 5.74) is 3.63. The topological polar surface area (TPSA) is 77.3 Å². The van der Waals surface area contributed by atoms with Crippen LogP contribution < -0.4 is 10.2 Å². The van der Waals surface area contributed by atoms with Gasteiger partial charge >= 0.3 is 12.0 Å². The van der Waals surface area contributed by atoms with Crippen LogP contribution >= 0.6 is 0 Å². The van der Waals surface area contributed by atoms with Crippen molar-refractivity contribution in [2.45, 2.75) is 31.5 Å². The van der Waals surface area contributed by atoms with Gasteiger partial charge in [0.05, 0.1) is 18.7 Å². The summed E-state index contributed by atoms with van der Waals surface area (Å²) in [6.45, 7) is 1.91. The Morgan fingerprint density at radius 3 is 2.13 bits per heavy atom. The second-order valence-corrected chi connectivity index (χ2v) is 7.20. The second-order valence-electron chi connectivity index (χ2n) is 7.20. The van der Waals surface area contributed by atoms with Crippen LogP contribution in [0, 0.1) is 0 Å². The van der Waals surface area contributed by atoms with Gasteiger partial charge in [-0.2, -0.15) is 13.2 Å². The molecule has 3 N–H and O–H groups in total. The molecule has 1 aliphatic rings. The normalized spacial score (nSPS) is 18.8. The van der Waals surface area contributed by atoms with E-state index in [1.165, 1.54) is 0 Å². The number of alkyl halides is 3. The molecule has 1 atom stereocenters. The van der Waals surface area contributed by atoms with Gasteiger partial charge < -0.3 is 25.3 Å². The van der Waals surface area contributed by atoms with Crippen molar-refractivity contribution in [1.29, 1.82) is 0 Å². The number of halogens is 3. The summed E-state index contributed by atoms with van der Waals surface area (Å²) in [5.74, 6) is -3.26. The van der Waals surface area contributed by atoms with Crippen LogP contribution in [0.3, 0.4) is 0 Å². The zero-order valence-electron chi connectivity index (χ0n) is 16.5. The van der Waals surface area contributed by atoms with Crippen molar-refractivity contribution >= 4 is 11.4 Å². The molecular formula is C21H24F3N3O3. The van der Waals surface area contributed by atoms with Crippen molar-refractivity contribution in [3.8, 4) is 0 Å². The molecule has 2 aromatic rings. The molecule has 0 saturated heterocycles. The largest absolute Gasteiger partial charge is 0.458 e. The fraction of sp³-hybridized carbons (Fsp3) is 0.381. The molecule has 0 amide bonds. The van der Waals surface area contributed by atoms with Gasteiger partial charge in [-0.05, 0) is 28.8 Å². The standard InChI is InChI=1S/C21H24F3N3O3/c1-27(10-11-28)18-8-4-16(5-9-18)14-25-13-15-2-6-17(7-3-15)19-12-20(29,30-26-19)21(22,23)24/h2-9,25,28-29H,10-14H2,1H3. The molecule has 6 nitrogen and oxygen atoms in total. The van der Waals surface area contributed by atoms with Crippen LogP contribution in [0.1, 0.15) is 23.1 Å². The summed E-state index contributed by atoms with van der Waals surface area (Å²) in [4.78, 5) is 6.21. The van der Waals surface area contributed by atoms with Crippen molar-refractivity contribution in [2.24, 2.45) is 5.16 Å². The Morgan fingerprint density at radius 2 is 1.63 bits per heavy atom. The highest BCUT2D eigenvalue weighted by atomic mass is 19.4. The molecule has 2 aromatic carbocycles. The van der Waals surface area contributed by atoms with Gasteiger partial charge in [0.25, 0.3) is 0 Å². The van der Waals surface area contributed by atoms with Crippen LogP contribution in [0.5, 0.6) is 0 Å². The minimum atomic E-state index is -4.91. The van der Waals surface area contributed by atoms with Crippen LogP contribution in [0.15, 0.2) is 53.7 Å². The SMILES string of the molecule is CN(CCO)c1ccc(CNCc2ccc(C3=NOC(O)(C(F)(F)F)C3)cc2)cc1. The number of hydrogen-bond acceptors (Lipinski definition) is 6. The third kappa shape index (κ3) is 5.10. The number of nitrogens with zero attached hydrogens (tertiary/aromatic N) is 2. The summed E-state index contributed by atoms with van der Waals surface area (Å²) in [7, 11) is 1.92. The van der Waals surface area contributed by atoms with Crippen LogP contribution in [0.4, 0.5) is 18.9 Å². The van der Waals surface area contributed by atoms with Gasteiger partial charge in [0, 0.05) is 32.4 Å². The number of anilines is 1. The number of benzene rings is 2. The van der Waals surface area contributed by atoms with Crippen molar-refractivity contribution in [3.05, 3.63) is 65.2 Å². The highest BCUT2D eigenvalue weighted by Crippen LogP contribution is 2.38. The predicted molar refractivity (Wildman–Crippen MR) is 107 cm³/mol. The lowest BCUT2D eigenvalue weighted by Crippen LogP contribution is -2.45. The number of oxime groups is 1. The van der Waals surface area contributed by atoms with Gasteiger partial charge in [0.2, 0.25) is 0 Å². The number of rotatable bonds is 8. The Morgan fingerprint density at radius 1 is 1.07 bits per heavy atom. The molecule has 0 aromatic heterocycles. The Hall–Kier alpha value is -2.62. The smallest absolute Gasteiger partial charge is 0.395 e. The molecule has 30 heavy (non-hydrogen) atoms. The minimum absolute atomic E-state index is 0.0561. The van der Waals surface area contributed by atoms with Crippen molar-refractivity contribution in [2.75, 3.05) is 25.1 Å². The summed E-state index contributed by atoms with van der Waals surface area (Å²) in [6.07, 6.45) is -5.65. The summed E-state index contributed by atoms with van der Waals surface area (Å²) >= 11 is 0. The van der Waals surface area contributed by atoms with Crippen molar-refractivity contribution in [1.82, 2.24) is 5.32 Å². The third-order valence-corrected chi connectivity index (χ3v) is 4.91. The van der Waals surface area contributed by atoms with Gasteiger partial charge in [0.15, 0.2) is 0 Å². The van der Waals surface area contributed by atoms with E-state index in [1.54, 1.807) is 24.3 Å². The van der Waals surface area contributed by atoms with Gasteiger partial charge in [-0.3, -0.25) is 0 Å². The average molecular weight is 423 g/mol. The van der Waals surface area contributed by atoms with E-state index in [2.05, 4.69) is 15.3 Å². The maximum atomic E-state index is 12.8. The van der Waals surface area contributed by atoms with Crippen LogP contribution in [0.2, 0.25) is 0 Å². The molecule has 0 aliphatic carbocycles. The molecule has 3 rings (SSSR count). The van der Waals surface area contributed by atoms with Gasteiger partial charge in [0.1, 0.15) is 0 Å². The number of likely N-dealkylation sites (N-methyl/N-ethyl adjacent to an activating group) is 1. The molecule has 162 valence electrons. The van der Waals surface area contributed by atoms with Crippen LogP contribution in [-0.2, 0) is 17.9 Å². The Balaban J connectivity index is 1.50. The average Bonchev–Trinajstić information content (AvgIpc) is 3.13. The lowest BCUT2D eigenvalue weighted by atomic mass is 10.0. The fourth-order valence-electron chi connectivity index (χ4n) is 3.04. The lowest BCUT2D eigenvalue weighted by molar-refractivity contribution is -0.355. The van der Waals surface area contributed by atoms with Gasteiger partial charge in [-0.15, -0.1) is 0 Å². The molecule has 1 unspecified atom stereocenters. The Bertz CT molecular complexity index is 870. The van der Waals surface area contributed by atoms with E-state index in [9.17, 15) is 18.3 Å². The molecule has 0 saturated carbocycles. The molecule has 9 heteroatoms.